The summed E-state index contributed by atoms with van der Waals surface area (Å²) in [4.78, 5) is 39.8. The van der Waals surface area contributed by atoms with Crippen LogP contribution in [0.15, 0.2) is 43.0 Å². The third-order valence-electron chi connectivity index (χ3n) is 6.70. The molecule has 42 heavy (non-hydrogen) atoms. The Balaban J connectivity index is 1.29. The first-order valence-electron chi connectivity index (χ1n) is 13.8. The predicted octanol–water partition coefficient (Wildman–Crippen LogP) is 2.99. The first-order chi connectivity index (χ1) is 19.9. The van der Waals surface area contributed by atoms with Crippen LogP contribution in [0, 0.1) is 0 Å². The van der Waals surface area contributed by atoms with Crippen molar-refractivity contribution in [2.24, 2.45) is 0 Å². The minimum absolute atomic E-state index is 0.108. The molecule has 0 spiro atoms. The molecule has 4 heterocycles. The van der Waals surface area contributed by atoms with Gasteiger partial charge in [-0.2, -0.15) is 0 Å². The molecule has 0 saturated carbocycles. The maximum atomic E-state index is 13.3. The van der Waals surface area contributed by atoms with Crippen molar-refractivity contribution in [2.75, 3.05) is 25.4 Å². The Morgan fingerprint density at radius 1 is 1.12 bits per heavy atom. The molecule has 14 heteroatoms. The molecule has 3 aromatic rings. The third kappa shape index (κ3) is 6.72. The molecule has 3 N–H and O–H groups in total. The number of benzene rings is 1. The number of nitrogen functional groups attached to an aromatic ring is 1. The van der Waals surface area contributed by atoms with E-state index in [9.17, 15) is 9.59 Å². The minimum Gasteiger partial charge on any atom is -0.445 e. The van der Waals surface area contributed by atoms with E-state index in [0.29, 0.717) is 11.2 Å². The number of anilines is 1. The van der Waals surface area contributed by atoms with Gasteiger partial charge in [-0.05, 0) is 40.2 Å². The molecule has 2 aliphatic rings. The molecule has 226 valence electrons. The number of hydrogen-bond donors (Lipinski definition) is 2. The van der Waals surface area contributed by atoms with E-state index in [1.165, 1.54) is 11.2 Å². The number of hydrogen-bond acceptors (Lipinski definition) is 11. The number of nitrogens with one attached hydrogen (secondary N) is 1. The zero-order chi connectivity index (χ0) is 30.1. The number of nitrogens with two attached hydrogens (primary N) is 1. The van der Waals surface area contributed by atoms with Crippen LogP contribution < -0.4 is 11.1 Å². The molecule has 1 aromatic carbocycles. The third-order valence-corrected chi connectivity index (χ3v) is 6.70. The van der Waals surface area contributed by atoms with Crippen LogP contribution in [0.2, 0.25) is 0 Å². The van der Waals surface area contributed by atoms with Gasteiger partial charge in [-0.15, -0.1) is 0 Å². The highest BCUT2D eigenvalue weighted by atomic mass is 16.8. The SMILES string of the molecule is CC(C)(C)OC(=O)N(CCNC(=O)OCc1ccccc1)C[C@H]1O[C@@H](n2cnc3c(N)ncnc32)[C@@H]2OC(C)(C)O[C@@H]21. The number of ether oxygens (including phenoxy) is 5. The van der Waals surface area contributed by atoms with Crippen LogP contribution in [-0.2, 0) is 30.3 Å². The Hall–Kier alpha value is -4.01. The van der Waals surface area contributed by atoms with Gasteiger partial charge >= 0.3 is 12.2 Å². The number of aromatic nitrogens is 4. The molecule has 5 rings (SSSR count). The van der Waals surface area contributed by atoms with Gasteiger partial charge in [0.2, 0.25) is 0 Å². The van der Waals surface area contributed by atoms with E-state index in [-0.39, 0.29) is 32.1 Å². The highest BCUT2D eigenvalue weighted by Gasteiger charge is 2.56. The van der Waals surface area contributed by atoms with Gasteiger partial charge in [-0.1, -0.05) is 30.3 Å². The van der Waals surface area contributed by atoms with Gasteiger partial charge in [0.15, 0.2) is 23.5 Å². The van der Waals surface area contributed by atoms with Gasteiger partial charge in [0.1, 0.15) is 42.4 Å². The molecule has 0 aliphatic carbocycles. The molecule has 14 nitrogen and oxygen atoms in total. The van der Waals surface area contributed by atoms with E-state index in [4.69, 9.17) is 29.4 Å². The summed E-state index contributed by atoms with van der Waals surface area (Å²) in [6.07, 6.45) is -0.521. The second-order valence-corrected chi connectivity index (χ2v) is 11.6. The number of imidazole rings is 1. The first-order valence-corrected chi connectivity index (χ1v) is 13.8. The topological polar surface area (TPSA) is 165 Å². The summed E-state index contributed by atoms with van der Waals surface area (Å²) in [5.41, 5.74) is 7.06. The maximum absolute atomic E-state index is 13.3. The largest absolute Gasteiger partial charge is 0.445 e. The normalized spacial score (nSPS) is 23.0. The van der Waals surface area contributed by atoms with Crippen molar-refractivity contribution in [1.82, 2.24) is 29.7 Å². The molecule has 2 amide bonds. The van der Waals surface area contributed by atoms with Crippen LogP contribution >= 0.6 is 0 Å². The predicted molar refractivity (Wildman–Crippen MR) is 150 cm³/mol. The second kappa shape index (κ2) is 11.7. The lowest BCUT2D eigenvalue weighted by atomic mass is 10.1. The number of nitrogens with zero attached hydrogens (tertiary/aromatic N) is 5. The van der Waals surface area contributed by atoms with Gasteiger partial charge in [0.05, 0.1) is 12.9 Å². The summed E-state index contributed by atoms with van der Waals surface area (Å²) in [5, 5.41) is 2.70. The van der Waals surface area contributed by atoms with Gasteiger partial charge in [0.25, 0.3) is 0 Å². The Bertz CT molecular complexity index is 1410. The summed E-state index contributed by atoms with van der Waals surface area (Å²) < 4.78 is 31.6. The van der Waals surface area contributed by atoms with E-state index in [1.807, 2.05) is 44.2 Å². The summed E-state index contributed by atoms with van der Waals surface area (Å²) >= 11 is 0. The van der Waals surface area contributed by atoms with E-state index in [1.54, 1.807) is 31.7 Å². The molecule has 2 aromatic heterocycles. The Labute approximate surface area is 243 Å². The lowest BCUT2D eigenvalue weighted by Gasteiger charge is -2.31. The minimum atomic E-state index is -0.888. The fourth-order valence-corrected chi connectivity index (χ4v) is 4.95. The second-order valence-electron chi connectivity index (χ2n) is 11.6. The van der Waals surface area contributed by atoms with E-state index in [0.717, 1.165) is 5.56 Å². The van der Waals surface area contributed by atoms with Crippen LogP contribution in [0.1, 0.15) is 46.4 Å². The average Bonchev–Trinajstić information content (AvgIpc) is 3.58. The number of alkyl carbamates (subject to hydrolysis) is 1. The van der Waals surface area contributed by atoms with Crippen LogP contribution in [0.3, 0.4) is 0 Å². The fourth-order valence-electron chi connectivity index (χ4n) is 4.95. The van der Waals surface area contributed by atoms with Crippen LogP contribution in [-0.4, -0.2) is 85.9 Å². The van der Waals surface area contributed by atoms with Gasteiger partial charge in [0, 0.05) is 13.1 Å². The van der Waals surface area contributed by atoms with E-state index in [2.05, 4.69) is 20.3 Å². The van der Waals surface area contributed by atoms with Crippen LogP contribution in [0.5, 0.6) is 0 Å². The summed E-state index contributed by atoms with van der Waals surface area (Å²) in [6, 6.07) is 9.36. The van der Waals surface area contributed by atoms with Crippen LogP contribution in [0.25, 0.3) is 11.2 Å². The van der Waals surface area contributed by atoms with Crippen molar-refractivity contribution in [3.63, 3.8) is 0 Å². The number of carbonyl (C=O) groups excluding carboxylic acids is 2. The summed E-state index contributed by atoms with van der Waals surface area (Å²) in [7, 11) is 0. The smallest absolute Gasteiger partial charge is 0.410 e. The molecular formula is C28H37N7O7. The molecule has 2 saturated heterocycles. The molecule has 0 bridgehead atoms. The van der Waals surface area contributed by atoms with Crippen LogP contribution in [0.4, 0.5) is 15.4 Å². The van der Waals surface area contributed by atoms with Crippen molar-refractivity contribution in [3.8, 4) is 0 Å². The Morgan fingerprint density at radius 2 is 1.86 bits per heavy atom. The van der Waals surface area contributed by atoms with Crippen molar-refractivity contribution in [2.45, 2.75) is 77.2 Å². The summed E-state index contributed by atoms with van der Waals surface area (Å²) in [6.45, 7) is 9.51. The van der Waals surface area contributed by atoms with Crippen molar-refractivity contribution in [3.05, 3.63) is 48.5 Å². The average molecular weight is 584 g/mol. The maximum Gasteiger partial charge on any atom is 0.410 e. The van der Waals surface area contributed by atoms with E-state index < -0.39 is 48.1 Å². The van der Waals surface area contributed by atoms with Gasteiger partial charge < -0.3 is 39.6 Å². The number of rotatable bonds is 8. The van der Waals surface area contributed by atoms with Gasteiger partial charge in [-0.3, -0.25) is 4.57 Å². The number of carbonyl (C=O) groups is 2. The first kappa shape index (κ1) is 29.5. The number of amides is 2. The standard InChI is InChI=1S/C28H37N7O7/c1-27(2,3)42-26(37)34(12-11-30-25(36)38-14-17-9-7-6-8-10-17)13-18-20-21(41-28(4,5)40-20)24(39-18)35-16-33-19-22(29)31-15-32-23(19)35/h6-10,15-16,18,20-21,24H,11-14H2,1-5H3,(H,30,36)(H2,29,31,32)/t18-,20-,21-,24-/m1/s1. The molecule has 2 fully saturated rings. The van der Waals surface area contributed by atoms with Crippen molar-refractivity contribution in [1.29, 1.82) is 0 Å². The zero-order valence-corrected chi connectivity index (χ0v) is 24.4. The quantitative estimate of drug-likeness (QED) is 0.400. The zero-order valence-electron chi connectivity index (χ0n) is 24.4. The summed E-state index contributed by atoms with van der Waals surface area (Å²) in [5.74, 6) is -0.638. The highest BCUT2D eigenvalue weighted by Crippen LogP contribution is 2.44. The lowest BCUT2D eigenvalue weighted by molar-refractivity contribution is -0.197. The Kier molecular flexibility index (Phi) is 8.21. The lowest BCUT2D eigenvalue weighted by Crippen LogP contribution is -2.47. The molecular weight excluding hydrogens is 546 g/mol. The molecule has 0 radical (unpaired) electrons. The molecule has 2 aliphatic heterocycles. The van der Waals surface area contributed by atoms with Gasteiger partial charge in [-0.25, -0.2) is 24.5 Å². The van der Waals surface area contributed by atoms with E-state index >= 15 is 0 Å². The van der Waals surface area contributed by atoms with Crippen molar-refractivity contribution < 1.29 is 33.3 Å². The Morgan fingerprint density at radius 3 is 2.60 bits per heavy atom. The highest BCUT2D eigenvalue weighted by molar-refractivity contribution is 5.81. The molecule has 0 unspecified atom stereocenters. The monoisotopic (exact) mass is 583 g/mol. The van der Waals surface area contributed by atoms with Crippen molar-refractivity contribution >= 4 is 29.2 Å². The molecule has 4 atom stereocenters. The number of fused-ring (bicyclic) bond motifs is 2. The fraction of sp³-hybridized carbons (Fsp3) is 0.536.